The van der Waals surface area contributed by atoms with Gasteiger partial charge in [-0.05, 0) is 18.1 Å². The van der Waals surface area contributed by atoms with E-state index in [9.17, 15) is 35.2 Å². The van der Waals surface area contributed by atoms with E-state index in [4.69, 9.17) is 0 Å². The van der Waals surface area contributed by atoms with Crippen LogP contribution in [-0.4, -0.2) is 40.4 Å². The topological polar surface area (TPSA) is 93.9 Å². The molecule has 2 aromatic heterocycles. The van der Waals surface area contributed by atoms with Crippen LogP contribution in [0.1, 0.15) is 29.2 Å². The van der Waals surface area contributed by atoms with Crippen LogP contribution in [0, 0.1) is 11.6 Å². The van der Waals surface area contributed by atoms with Gasteiger partial charge in [-0.25, -0.2) is 27.2 Å². The Morgan fingerprint density at radius 3 is 2.62 bits per heavy atom. The molecular formula is C21H17F5N4O3S. The van der Waals surface area contributed by atoms with Gasteiger partial charge in [0.15, 0.2) is 21.5 Å². The number of carbonyl (C=O) groups is 1. The second-order valence-electron chi connectivity index (χ2n) is 7.84. The van der Waals surface area contributed by atoms with Crippen LogP contribution in [-0.2, 0) is 27.2 Å². The molecule has 1 fully saturated rings. The predicted octanol–water partition coefficient (Wildman–Crippen LogP) is 3.65. The van der Waals surface area contributed by atoms with Crippen molar-refractivity contribution in [2.45, 2.75) is 24.9 Å². The highest BCUT2D eigenvalue weighted by Crippen LogP contribution is 2.32. The average molecular weight is 500 g/mol. The molecule has 13 heteroatoms. The molecule has 7 nitrogen and oxygen atoms in total. The van der Waals surface area contributed by atoms with Crippen molar-refractivity contribution in [2.75, 3.05) is 16.8 Å². The van der Waals surface area contributed by atoms with Gasteiger partial charge in [0.1, 0.15) is 12.1 Å². The molecule has 34 heavy (non-hydrogen) atoms. The number of imidazole rings is 1. The number of nitrogens with one attached hydrogen (secondary N) is 1. The summed E-state index contributed by atoms with van der Waals surface area (Å²) in [7, 11) is -3.12. The number of alkyl halides is 3. The molecule has 0 radical (unpaired) electrons. The molecule has 1 unspecified atom stereocenters. The summed E-state index contributed by atoms with van der Waals surface area (Å²) >= 11 is 0. The van der Waals surface area contributed by atoms with Crippen LogP contribution in [0.25, 0.3) is 5.82 Å². The standard InChI is InChI=1S/C21H17F5N4O3S/c22-16-7-14(29-18(31)6-12-2-1-3-15(19(12)23)21(24,25)26)8-27-20(16)30-9-17(28-11-30)13-4-5-34(32,33)10-13/h1-3,7-9,11,13H,4-6,10H2,(H,29,31). The molecule has 3 heterocycles. The second-order valence-corrected chi connectivity index (χ2v) is 10.1. The van der Waals surface area contributed by atoms with Gasteiger partial charge in [0.05, 0.1) is 41.1 Å². The zero-order chi connectivity index (χ0) is 24.7. The van der Waals surface area contributed by atoms with Gasteiger partial charge in [0, 0.05) is 18.2 Å². The highest BCUT2D eigenvalue weighted by Gasteiger charge is 2.35. The van der Waals surface area contributed by atoms with Crippen molar-refractivity contribution in [1.82, 2.24) is 14.5 Å². The van der Waals surface area contributed by atoms with Gasteiger partial charge in [-0.3, -0.25) is 9.36 Å². The first-order chi connectivity index (χ1) is 15.9. The number of sulfone groups is 1. The van der Waals surface area contributed by atoms with E-state index in [2.05, 4.69) is 15.3 Å². The third kappa shape index (κ3) is 5.08. The van der Waals surface area contributed by atoms with Gasteiger partial charge >= 0.3 is 6.18 Å². The van der Waals surface area contributed by atoms with Crippen LogP contribution in [0.2, 0.25) is 0 Å². The van der Waals surface area contributed by atoms with Gasteiger partial charge < -0.3 is 5.32 Å². The van der Waals surface area contributed by atoms with Crippen molar-refractivity contribution in [3.63, 3.8) is 0 Å². The predicted molar refractivity (Wildman–Crippen MR) is 111 cm³/mol. The Morgan fingerprint density at radius 1 is 1.21 bits per heavy atom. The lowest BCUT2D eigenvalue weighted by molar-refractivity contribution is -0.140. The molecule has 0 spiro atoms. The first-order valence-corrected chi connectivity index (χ1v) is 11.8. The van der Waals surface area contributed by atoms with Crippen molar-refractivity contribution >= 4 is 21.4 Å². The number of benzene rings is 1. The van der Waals surface area contributed by atoms with Gasteiger partial charge in [-0.1, -0.05) is 12.1 Å². The minimum atomic E-state index is -4.90. The third-order valence-electron chi connectivity index (χ3n) is 5.34. The van der Waals surface area contributed by atoms with Crippen LogP contribution in [0.3, 0.4) is 0 Å². The number of anilines is 1. The number of hydrogen-bond donors (Lipinski definition) is 1. The first kappa shape index (κ1) is 23.8. The fourth-order valence-corrected chi connectivity index (χ4v) is 5.46. The van der Waals surface area contributed by atoms with Crippen molar-refractivity contribution < 1.29 is 35.2 Å². The van der Waals surface area contributed by atoms with E-state index in [1.807, 2.05) is 0 Å². The summed E-state index contributed by atoms with van der Waals surface area (Å²) < 4.78 is 91.8. The van der Waals surface area contributed by atoms with E-state index in [1.165, 1.54) is 17.1 Å². The largest absolute Gasteiger partial charge is 0.419 e. The number of nitrogens with zero attached hydrogens (tertiary/aromatic N) is 3. The Balaban J connectivity index is 1.46. The quantitative estimate of drug-likeness (QED) is 0.540. The molecule has 3 aromatic rings. The SMILES string of the molecule is O=C(Cc1cccc(C(F)(F)F)c1F)Nc1cnc(-n2cnc(C3CCS(=O)(=O)C3)c2)c(F)c1. The molecule has 1 saturated heterocycles. The van der Waals surface area contributed by atoms with E-state index in [0.29, 0.717) is 18.2 Å². The van der Waals surface area contributed by atoms with Crippen molar-refractivity contribution in [1.29, 1.82) is 0 Å². The van der Waals surface area contributed by atoms with Gasteiger partial charge in [0.2, 0.25) is 5.91 Å². The number of aromatic nitrogens is 3. The summed E-state index contributed by atoms with van der Waals surface area (Å²) in [5.41, 5.74) is -1.54. The minimum absolute atomic E-state index is 0.0304. The van der Waals surface area contributed by atoms with E-state index >= 15 is 0 Å². The molecule has 1 aliphatic heterocycles. The number of halogens is 5. The molecule has 180 valence electrons. The maximum atomic E-state index is 14.6. The summed E-state index contributed by atoms with van der Waals surface area (Å²) in [6, 6.07) is 3.56. The first-order valence-electron chi connectivity index (χ1n) is 9.97. The van der Waals surface area contributed by atoms with E-state index in [1.54, 1.807) is 0 Å². The second kappa shape index (κ2) is 8.78. The Kier molecular flexibility index (Phi) is 6.14. The van der Waals surface area contributed by atoms with E-state index in [-0.39, 0.29) is 28.9 Å². The summed E-state index contributed by atoms with van der Waals surface area (Å²) in [5.74, 6) is -3.65. The van der Waals surface area contributed by atoms with Gasteiger partial charge in [0.25, 0.3) is 0 Å². The molecule has 1 N–H and O–H groups in total. The molecule has 4 rings (SSSR count). The Labute approximate surface area is 190 Å². The molecule has 1 amide bonds. The van der Waals surface area contributed by atoms with Crippen molar-refractivity contribution in [3.8, 4) is 5.82 Å². The van der Waals surface area contributed by atoms with Crippen LogP contribution in [0.5, 0.6) is 0 Å². The summed E-state index contributed by atoms with van der Waals surface area (Å²) in [4.78, 5) is 20.3. The molecule has 1 aliphatic rings. The zero-order valence-electron chi connectivity index (χ0n) is 17.3. The lowest BCUT2D eigenvalue weighted by atomic mass is 10.1. The van der Waals surface area contributed by atoms with Crippen LogP contribution in [0.4, 0.5) is 27.6 Å². The Bertz CT molecular complexity index is 1350. The van der Waals surface area contributed by atoms with Crippen molar-refractivity contribution in [3.05, 3.63) is 71.4 Å². The lowest BCUT2D eigenvalue weighted by Crippen LogP contribution is -2.17. The van der Waals surface area contributed by atoms with Gasteiger partial charge in [-0.15, -0.1) is 0 Å². The van der Waals surface area contributed by atoms with Crippen LogP contribution < -0.4 is 5.32 Å². The molecule has 0 aliphatic carbocycles. The van der Waals surface area contributed by atoms with Gasteiger partial charge in [-0.2, -0.15) is 13.2 Å². The number of rotatable bonds is 5. The van der Waals surface area contributed by atoms with Crippen molar-refractivity contribution in [2.24, 2.45) is 0 Å². The normalized spacial score (nSPS) is 17.6. The lowest BCUT2D eigenvalue weighted by Gasteiger charge is -2.11. The number of amides is 1. The van der Waals surface area contributed by atoms with E-state index in [0.717, 1.165) is 24.4 Å². The zero-order valence-corrected chi connectivity index (χ0v) is 18.1. The Hall–Kier alpha value is -3.35. The molecule has 0 saturated carbocycles. The highest BCUT2D eigenvalue weighted by atomic mass is 32.2. The minimum Gasteiger partial charge on any atom is -0.324 e. The average Bonchev–Trinajstić information content (AvgIpc) is 3.35. The summed E-state index contributed by atoms with van der Waals surface area (Å²) in [6.07, 6.45) is -1.29. The molecule has 1 atom stereocenters. The third-order valence-corrected chi connectivity index (χ3v) is 7.11. The number of carbonyl (C=O) groups excluding carboxylic acids is 1. The Morgan fingerprint density at radius 2 is 1.97 bits per heavy atom. The smallest absolute Gasteiger partial charge is 0.324 e. The van der Waals surface area contributed by atoms with Crippen LogP contribution in [0.15, 0.2) is 43.0 Å². The number of pyridine rings is 1. The fourth-order valence-electron chi connectivity index (χ4n) is 3.70. The highest BCUT2D eigenvalue weighted by molar-refractivity contribution is 7.91. The molecule has 1 aromatic carbocycles. The summed E-state index contributed by atoms with van der Waals surface area (Å²) in [5, 5.41) is 2.27. The maximum Gasteiger partial charge on any atom is 0.419 e. The fraction of sp³-hybridized carbons (Fsp3) is 0.286. The summed E-state index contributed by atoms with van der Waals surface area (Å²) in [6.45, 7) is 0. The van der Waals surface area contributed by atoms with Crippen LogP contribution >= 0.6 is 0 Å². The number of hydrogen-bond acceptors (Lipinski definition) is 5. The van der Waals surface area contributed by atoms with E-state index < -0.39 is 51.1 Å². The maximum absolute atomic E-state index is 14.6. The molecule has 0 bridgehead atoms. The molecular weight excluding hydrogens is 483 g/mol. The monoisotopic (exact) mass is 500 g/mol.